The molecule has 1 N–H and O–H groups in total. The van der Waals surface area contributed by atoms with Crippen molar-refractivity contribution in [3.63, 3.8) is 0 Å². The molecule has 7 heteroatoms. The number of aromatic nitrogens is 4. The first kappa shape index (κ1) is 14.9. The molecule has 1 amide bonds. The van der Waals surface area contributed by atoms with Crippen molar-refractivity contribution >= 4 is 23.4 Å². The third-order valence-corrected chi connectivity index (χ3v) is 5.23. The molecule has 0 aliphatic carbocycles. The Hall–Kier alpha value is -2.67. The van der Waals surface area contributed by atoms with E-state index in [1.807, 2.05) is 42.5 Å². The summed E-state index contributed by atoms with van der Waals surface area (Å²) in [7, 11) is 0. The molecule has 2 heterocycles. The van der Waals surface area contributed by atoms with E-state index >= 15 is 0 Å². The number of nitrogens with zero attached hydrogens (tertiary/aromatic N) is 4. The summed E-state index contributed by atoms with van der Waals surface area (Å²) in [6.07, 6.45) is 2.52. The van der Waals surface area contributed by atoms with Crippen molar-refractivity contribution in [3.05, 3.63) is 66.0 Å². The van der Waals surface area contributed by atoms with E-state index < -0.39 is 0 Å². The SMILES string of the molecule is O=C(Nc1ccccc1-n1cnnn1)[C@@H]1SCCc2ccccc21. The summed E-state index contributed by atoms with van der Waals surface area (Å²) >= 11 is 1.68. The predicted octanol–water partition coefficient (Wildman–Crippen LogP) is 2.63. The molecule has 4 rings (SSSR count). The monoisotopic (exact) mass is 337 g/mol. The van der Waals surface area contributed by atoms with E-state index in [0.717, 1.165) is 23.4 Å². The van der Waals surface area contributed by atoms with Crippen molar-refractivity contribution in [2.45, 2.75) is 11.7 Å². The number of amides is 1. The van der Waals surface area contributed by atoms with Crippen molar-refractivity contribution in [1.82, 2.24) is 20.2 Å². The van der Waals surface area contributed by atoms with Gasteiger partial charge in [0.25, 0.3) is 0 Å². The molecule has 1 aromatic heterocycles. The lowest BCUT2D eigenvalue weighted by Gasteiger charge is -2.24. The summed E-state index contributed by atoms with van der Waals surface area (Å²) in [4.78, 5) is 12.9. The number of nitrogens with one attached hydrogen (secondary N) is 1. The van der Waals surface area contributed by atoms with E-state index in [0.29, 0.717) is 5.69 Å². The van der Waals surface area contributed by atoms with Gasteiger partial charge in [-0.2, -0.15) is 4.68 Å². The van der Waals surface area contributed by atoms with Crippen LogP contribution in [0.3, 0.4) is 0 Å². The summed E-state index contributed by atoms with van der Waals surface area (Å²) in [5, 5.41) is 14.0. The smallest absolute Gasteiger partial charge is 0.242 e. The quantitative estimate of drug-likeness (QED) is 0.795. The molecule has 1 aliphatic heterocycles. The zero-order valence-corrected chi connectivity index (χ0v) is 13.6. The Kier molecular flexibility index (Phi) is 4.00. The van der Waals surface area contributed by atoms with Gasteiger partial charge < -0.3 is 5.32 Å². The molecule has 0 saturated heterocycles. The van der Waals surface area contributed by atoms with Gasteiger partial charge in [0.15, 0.2) is 0 Å². The highest BCUT2D eigenvalue weighted by molar-refractivity contribution is 8.00. The van der Waals surface area contributed by atoms with Gasteiger partial charge in [0.2, 0.25) is 5.91 Å². The van der Waals surface area contributed by atoms with Gasteiger partial charge in [-0.1, -0.05) is 36.4 Å². The van der Waals surface area contributed by atoms with Gasteiger partial charge in [-0.25, -0.2) is 0 Å². The molecule has 1 aliphatic rings. The maximum absolute atomic E-state index is 12.9. The molecule has 0 radical (unpaired) electrons. The molecule has 24 heavy (non-hydrogen) atoms. The highest BCUT2D eigenvalue weighted by Crippen LogP contribution is 2.37. The van der Waals surface area contributed by atoms with Crippen LogP contribution >= 0.6 is 11.8 Å². The Morgan fingerprint density at radius 3 is 2.88 bits per heavy atom. The Morgan fingerprint density at radius 2 is 2.00 bits per heavy atom. The summed E-state index contributed by atoms with van der Waals surface area (Å²) in [5.74, 6) is 0.927. The average molecular weight is 337 g/mol. The van der Waals surface area contributed by atoms with Gasteiger partial charge in [0, 0.05) is 0 Å². The van der Waals surface area contributed by atoms with Gasteiger partial charge in [0.05, 0.1) is 11.4 Å². The number of hydrogen-bond donors (Lipinski definition) is 1. The fourth-order valence-electron chi connectivity index (χ4n) is 2.86. The molecule has 0 saturated carbocycles. The average Bonchev–Trinajstić information content (AvgIpc) is 3.16. The van der Waals surface area contributed by atoms with Crippen molar-refractivity contribution < 1.29 is 4.79 Å². The topological polar surface area (TPSA) is 72.7 Å². The molecule has 0 unspecified atom stereocenters. The van der Waals surface area contributed by atoms with Crippen LogP contribution in [0.5, 0.6) is 0 Å². The molecule has 0 bridgehead atoms. The number of carbonyl (C=O) groups excluding carboxylic acids is 1. The second-order valence-corrected chi connectivity index (χ2v) is 6.67. The lowest BCUT2D eigenvalue weighted by molar-refractivity contribution is -0.115. The van der Waals surface area contributed by atoms with Crippen LogP contribution in [-0.4, -0.2) is 31.9 Å². The molecule has 3 aromatic rings. The lowest BCUT2D eigenvalue weighted by Crippen LogP contribution is -2.23. The maximum Gasteiger partial charge on any atom is 0.242 e. The number of hydrogen-bond acceptors (Lipinski definition) is 5. The van der Waals surface area contributed by atoms with E-state index in [1.165, 1.54) is 16.6 Å². The number of anilines is 1. The Morgan fingerprint density at radius 1 is 1.17 bits per heavy atom. The highest BCUT2D eigenvalue weighted by Gasteiger charge is 2.27. The number of thioether (sulfide) groups is 1. The first-order valence-electron chi connectivity index (χ1n) is 7.65. The first-order chi connectivity index (χ1) is 11.8. The molecule has 0 fully saturated rings. The number of fused-ring (bicyclic) bond motifs is 1. The summed E-state index contributed by atoms with van der Waals surface area (Å²) in [6, 6.07) is 15.6. The van der Waals surface area contributed by atoms with Crippen LogP contribution in [-0.2, 0) is 11.2 Å². The summed E-state index contributed by atoms with van der Waals surface area (Å²) in [6.45, 7) is 0. The molecule has 1 atom stereocenters. The van der Waals surface area contributed by atoms with E-state index in [2.05, 4.69) is 26.9 Å². The largest absolute Gasteiger partial charge is 0.323 e. The molecule has 120 valence electrons. The standard InChI is InChI=1S/C17H15N5OS/c23-17(16-13-6-2-1-5-12(13)9-10-24-16)19-14-7-3-4-8-15(14)22-11-18-20-21-22/h1-8,11,16H,9-10H2,(H,19,23)/t16-/m1/s1. The third kappa shape index (κ3) is 2.78. The molecular weight excluding hydrogens is 322 g/mol. The number of rotatable bonds is 3. The number of tetrazole rings is 1. The summed E-state index contributed by atoms with van der Waals surface area (Å²) < 4.78 is 1.54. The first-order valence-corrected chi connectivity index (χ1v) is 8.70. The van der Waals surface area contributed by atoms with Gasteiger partial charge in [-0.15, -0.1) is 16.9 Å². The van der Waals surface area contributed by atoms with Gasteiger partial charge in [-0.05, 0) is 45.9 Å². The lowest BCUT2D eigenvalue weighted by atomic mass is 10.0. The Bertz CT molecular complexity index is 865. The fourth-order valence-corrected chi connectivity index (χ4v) is 4.05. The van der Waals surface area contributed by atoms with Crippen LogP contribution in [0.25, 0.3) is 5.69 Å². The molecule has 0 spiro atoms. The highest BCUT2D eigenvalue weighted by atomic mass is 32.2. The van der Waals surface area contributed by atoms with Crippen molar-refractivity contribution in [1.29, 1.82) is 0 Å². The predicted molar refractivity (Wildman–Crippen MR) is 93.1 cm³/mol. The van der Waals surface area contributed by atoms with E-state index in [9.17, 15) is 4.79 Å². The van der Waals surface area contributed by atoms with Crippen LogP contribution in [0.4, 0.5) is 5.69 Å². The number of carbonyl (C=O) groups is 1. The van der Waals surface area contributed by atoms with Crippen molar-refractivity contribution in [2.24, 2.45) is 0 Å². The molecular formula is C17H15N5OS. The van der Waals surface area contributed by atoms with Gasteiger partial charge >= 0.3 is 0 Å². The minimum absolute atomic E-state index is 0.0207. The van der Waals surface area contributed by atoms with E-state index in [1.54, 1.807) is 11.8 Å². The van der Waals surface area contributed by atoms with Crippen LogP contribution < -0.4 is 5.32 Å². The number of para-hydroxylation sites is 2. The normalized spacial score (nSPS) is 16.4. The fraction of sp³-hybridized carbons (Fsp3) is 0.176. The third-order valence-electron chi connectivity index (χ3n) is 3.99. The minimum Gasteiger partial charge on any atom is -0.323 e. The molecule has 6 nitrogen and oxygen atoms in total. The van der Waals surface area contributed by atoms with Crippen LogP contribution in [0, 0.1) is 0 Å². The zero-order valence-electron chi connectivity index (χ0n) is 12.8. The maximum atomic E-state index is 12.9. The van der Waals surface area contributed by atoms with E-state index in [-0.39, 0.29) is 11.2 Å². The Labute approximate surface area is 143 Å². The van der Waals surface area contributed by atoms with Crippen LogP contribution in [0.2, 0.25) is 0 Å². The zero-order chi connectivity index (χ0) is 16.4. The Balaban J connectivity index is 1.62. The minimum atomic E-state index is -0.197. The number of benzene rings is 2. The second-order valence-electron chi connectivity index (χ2n) is 5.46. The summed E-state index contributed by atoms with van der Waals surface area (Å²) in [5.41, 5.74) is 3.79. The molecule has 2 aromatic carbocycles. The van der Waals surface area contributed by atoms with Crippen LogP contribution in [0.1, 0.15) is 16.4 Å². The van der Waals surface area contributed by atoms with Crippen LogP contribution in [0.15, 0.2) is 54.9 Å². The van der Waals surface area contributed by atoms with Crippen molar-refractivity contribution in [2.75, 3.05) is 11.1 Å². The number of aryl methyl sites for hydroxylation is 1. The second kappa shape index (κ2) is 6.45. The van der Waals surface area contributed by atoms with Gasteiger partial charge in [-0.3, -0.25) is 4.79 Å². The van der Waals surface area contributed by atoms with E-state index in [4.69, 9.17) is 0 Å². The van der Waals surface area contributed by atoms with Gasteiger partial charge in [0.1, 0.15) is 11.6 Å². The van der Waals surface area contributed by atoms with Crippen molar-refractivity contribution in [3.8, 4) is 5.69 Å².